The Kier molecular flexibility index (Phi) is 8.14. The van der Waals surface area contributed by atoms with Crippen LogP contribution in [0.2, 0.25) is 0 Å². The fourth-order valence-corrected chi connectivity index (χ4v) is 3.70. The first-order chi connectivity index (χ1) is 12.6. The van der Waals surface area contributed by atoms with Gasteiger partial charge in [-0.3, -0.25) is 9.69 Å². The molecule has 1 aromatic heterocycles. The monoisotopic (exact) mass is 393 g/mol. The SMILES string of the molecule is CNCCC1CCN(CC(=O)N(C)C(C)c2cc3ccccc3o2)CC1.Cl. The second kappa shape index (κ2) is 10.1. The number of carbonyl (C=O) groups is 1. The Labute approximate surface area is 168 Å². The van der Waals surface area contributed by atoms with Crippen molar-refractivity contribution in [2.45, 2.75) is 32.2 Å². The minimum atomic E-state index is -0.0666. The Bertz CT molecular complexity index is 692. The van der Waals surface area contributed by atoms with Crippen LogP contribution in [0.25, 0.3) is 11.0 Å². The Hall–Kier alpha value is -1.56. The number of hydrogen-bond donors (Lipinski definition) is 1. The van der Waals surface area contributed by atoms with Crippen LogP contribution in [0.4, 0.5) is 0 Å². The number of nitrogens with one attached hydrogen (secondary N) is 1. The van der Waals surface area contributed by atoms with Crippen LogP contribution < -0.4 is 5.32 Å². The molecule has 1 aliphatic heterocycles. The molecule has 2 aromatic rings. The summed E-state index contributed by atoms with van der Waals surface area (Å²) >= 11 is 0. The zero-order valence-corrected chi connectivity index (χ0v) is 17.4. The topological polar surface area (TPSA) is 48.7 Å². The molecule has 0 radical (unpaired) electrons. The van der Waals surface area contributed by atoms with Crippen molar-refractivity contribution in [1.29, 1.82) is 0 Å². The van der Waals surface area contributed by atoms with Crippen LogP contribution in [0.5, 0.6) is 0 Å². The molecule has 1 aromatic carbocycles. The van der Waals surface area contributed by atoms with Crippen LogP contribution >= 0.6 is 12.4 Å². The van der Waals surface area contributed by atoms with Gasteiger partial charge in [-0.1, -0.05) is 18.2 Å². The molecule has 150 valence electrons. The molecule has 1 aliphatic rings. The summed E-state index contributed by atoms with van der Waals surface area (Å²) in [7, 11) is 3.88. The molecule has 1 N–H and O–H groups in total. The van der Waals surface area contributed by atoms with Gasteiger partial charge >= 0.3 is 0 Å². The highest BCUT2D eigenvalue weighted by Gasteiger charge is 2.25. The zero-order chi connectivity index (χ0) is 18.5. The first kappa shape index (κ1) is 21.7. The number of fused-ring (bicyclic) bond motifs is 1. The maximum atomic E-state index is 12.7. The zero-order valence-electron chi connectivity index (χ0n) is 16.6. The van der Waals surface area contributed by atoms with Gasteiger partial charge in [-0.2, -0.15) is 0 Å². The minimum Gasteiger partial charge on any atom is -0.459 e. The van der Waals surface area contributed by atoms with Crippen LogP contribution in [0.15, 0.2) is 34.7 Å². The normalized spacial score (nSPS) is 16.9. The van der Waals surface area contributed by atoms with E-state index in [1.165, 1.54) is 19.3 Å². The number of likely N-dealkylation sites (tertiary alicyclic amines) is 1. The van der Waals surface area contributed by atoms with Crippen molar-refractivity contribution < 1.29 is 9.21 Å². The fraction of sp³-hybridized carbons (Fsp3) is 0.571. The van der Waals surface area contributed by atoms with Crippen molar-refractivity contribution in [2.75, 3.05) is 40.3 Å². The third-order valence-corrected chi connectivity index (χ3v) is 5.70. The van der Waals surface area contributed by atoms with E-state index in [0.717, 1.165) is 42.3 Å². The first-order valence-electron chi connectivity index (χ1n) is 9.69. The molecule has 6 heteroatoms. The highest BCUT2D eigenvalue weighted by Crippen LogP contribution is 2.27. The third-order valence-electron chi connectivity index (χ3n) is 5.70. The van der Waals surface area contributed by atoms with Crippen LogP contribution in [-0.4, -0.2) is 56.0 Å². The van der Waals surface area contributed by atoms with Gasteiger partial charge in [-0.15, -0.1) is 12.4 Å². The Morgan fingerprint density at radius 2 is 2.04 bits per heavy atom. The molecule has 1 saturated heterocycles. The third kappa shape index (κ3) is 5.47. The molecular weight excluding hydrogens is 362 g/mol. The number of benzene rings is 1. The van der Waals surface area contributed by atoms with Gasteiger partial charge in [0.15, 0.2) is 0 Å². The smallest absolute Gasteiger partial charge is 0.237 e. The molecule has 0 saturated carbocycles. The molecule has 27 heavy (non-hydrogen) atoms. The lowest BCUT2D eigenvalue weighted by Gasteiger charge is -2.33. The number of rotatable bonds is 7. The number of furan rings is 1. The molecule has 0 spiro atoms. The predicted octanol–water partition coefficient (Wildman–Crippen LogP) is 3.70. The minimum absolute atomic E-state index is 0. The van der Waals surface area contributed by atoms with Crippen molar-refractivity contribution in [3.8, 4) is 0 Å². The van der Waals surface area contributed by atoms with E-state index in [1.54, 1.807) is 0 Å². The predicted molar refractivity (Wildman–Crippen MR) is 112 cm³/mol. The second-order valence-electron chi connectivity index (χ2n) is 7.48. The fourth-order valence-electron chi connectivity index (χ4n) is 3.70. The van der Waals surface area contributed by atoms with E-state index in [-0.39, 0.29) is 24.4 Å². The summed E-state index contributed by atoms with van der Waals surface area (Å²) in [6.07, 6.45) is 3.62. The number of halogens is 1. The van der Waals surface area contributed by atoms with Gasteiger partial charge in [0.25, 0.3) is 0 Å². The molecule has 3 rings (SSSR count). The number of amides is 1. The summed E-state index contributed by atoms with van der Waals surface area (Å²) in [5.74, 6) is 1.79. The Morgan fingerprint density at radius 1 is 1.33 bits per heavy atom. The average molecular weight is 394 g/mol. The largest absolute Gasteiger partial charge is 0.459 e. The van der Waals surface area contributed by atoms with Crippen molar-refractivity contribution in [3.63, 3.8) is 0 Å². The number of hydrogen-bond acceptors (Lipinski definition) is 4. The van der Waals surface area contributed by atoms with E-state index in [2.05, 4.69) is 10.2 Å². The molecule has 0 aliphatic carbocycles. The highest BCUT2D eigenvalue weighted by molar-refractivity contribution is 5.85. The van der Waals surface area contributed by atoms with E-state index in [0.29, 0.717) is 6.54 Å². The van der Waals surface area contributed by atoms with Crippen LogP contribution in [0, 0.1) is 5.92 Å². The Balaban J connectivity index is 0.00000261. The number of likely N-dealkylation sites (N-methyl/N-ethyl adjacent to an activating group) is 1. The summed E-state index contributed by atoms with van der Waals surface area (Å²) in [5, 5.41) is 4.31. The van der Waals surface area contributed by atoms with E-state index >= 15 is 0 Å². The molecular formula is C21H32ClN3O2. The molecule has 1 atom stereocenters. The van der Waals surface area contributed by atoms with Gasteiger partial charge in [-0.05, 0) is 70.9 Å². The molecule has 0 bridgehead atoms. The lowest BCUT2D eigenvalue weighted by Crippen LogP contribution is -2.43. The maximum absolute atomic E-state index is 12.7. The van der Waals surface area contributed by atoms with Crippen molar-refractivity contribution in [2.24, 2.45) is 5.92 Å². The molecule has 1 amide bonds. The summed E-state index contributed by atoms with van der Waals surface area (Å²) in [5.41, 5.74) is 0.874. The average Bonchev–Trinajstić information content (AvgIpc) is 3.10. The van der Waals surface area contributed by atoms with Crippen molar-refractivity contribution >= 4 is 29.3 Å². The van der Waals surface area contributed by atoms with E-state index in [4.69, 9.17) is 4.42 Å². The van der Waals surface area contributed by atoms with Gasteiger partial charge in [-0.25, -0.2) is 0 Å². The van der Waals surface area contributed by atoms with Crippen LogP contribution in [0.1, 0.15) is 38.0 Å². The molecule has 1 unspecified atom stereocenters. The number of para-hydroxylation sites is 1. The second-order valence-corrected chi connectivity index (χ2v) is 7.48. The highest BCUT2D eigenvalue weighted by atomic mass is 35.5. The Morgan fingerprint density at radius 3 is 2.70 bits per heavy atom. The molecule has 5 nitrogen and oxygen atoms in total. The standard InChI is InChI=1S/C21H31N3O2.ClH/c1-16(20-14-18-6-4-5-7-19(18)26-20)23(3)21(25)15-24-12-9-17(10-13-24)8-11-22-2;/h4-7,14,16-17,22H,8-13,15H2,1-3H3;1H. The maximum Gasteiger partial charge on any atom is 0.237 e. The van der Waals surface area contributed by atoms with Crippen molar-refractivity contribution in [3.05, 3.63) is 36.1 Å². The van der Waals surface area contributed by atoms with E-state index < -0.39 is 0 Å². The summed E-state index contributed by atoms with van der Waals surface area (Å²) in [6, 6.07) is 9.94. The van der Waals surface area contributed by atoms with Gasteiger partial charge in [0.1, 0.15) is 11.3 Å². The lowest BCUT2D eigenvalue weighted by atomic mass is 9.93. The van der Waals surface area contributed by atoms with Gasteiger partial charge in [0, 0.05) is 12.4 Å². The van der Waals surface area contributed by atoms with Gasteiger partial charge < -0.3 is 14.6 Å². The number of nitrogens with zero attached hydrogens (tertiary/aromatic N) is 2. The van der Waals surface area contributed by atoms with Gasteiger partial charge in [0.05, 0.1) is 12.6 Å². The summed E-state index contributed by atoms with van der Waals surface area (Å²) in [6.45, 7) is 5.65. The van der Waals surface area contributed by atoms with Crippen molar-refractivity contribution in [1.82, 2.24) is 15.1 Å². The van der Waals surface area contributed by atoms with Crippen LogP contribution in [-0.2, 0) is 4.79 Å². The number of carbonyl (C=O) groups excluding carboxylic acids is 1. The number of piperidine rings is 1. The quantitative estimate of drug-likeness (QED) is 0.779. The van der Waals surface area contributed by atoms with E-state index in [9.17, 15) is 4.79 Å². The first-order valence-corrected chi connectivity index (χ1v) is 9.69. The van der Waals surface area contributed by atoms with E-state index in [1.807, 2.05) is 56.3 Å². The van der Waals surface area contributed by atoms with Crippen LogP contribution in [0.3, 0.4) is 0 Å². The van der Waals surface area contributed by atoms with Gasteiger partial charge in [0.2, 0.25) is 5.91 Å². The lowest BCUT2D eigenvalue weighted by molar-refractivity contribution is -0.133. The molecule has 2 heterocycles. The summed E-state index contributed by atoms with van der Waals surface area (Å²) in [4.78, 5) is 16.8. The summed E-state index contributed by atoms with van der Waals surface area (Å²) < 4.78 is 5.93. The molecule has 1 fully saturated rings.